The van der Waals surface area contributed by atoms with E-state index in [2.05, 4.69) is 32.5 Å². The molecule has 0 aliphatic heterocycles. The van der Waals surface area contributed by atoms with Crippen molar-refractivity contribution in [1.29, 1.82) is 0 Å². The van der Waals surface area contributed by atoms with E-state index in [1.54, 1.807) is 12.5 Å². The van der Waals surface area contributed by atoms with Crippen LogP contribution in [0.1, 0.15) is 18.4 Å². The zero-order valence-electron chi connectivity index (χ0n) is 12.3. The van der Waals surface area contributed by atoms with E-state index in [-0.39, 0.29) is 6.61 Å². The van der Waals surface area contributed by atoms with Gasteiger partial charge in [0.25, 0.3) is 0 Å². The number of benzene rings is 1. The van der Waals surface area contributed by atoms with E-state index in [4.69, 9.17) is 5.11 Å². The van der Waals surface area contributed by atoms with Crippen molar-refractivity contribution in [2.45, 2.75) is 25.9 Å². The second kappa shape index (κ2) is 7.00. The van der Waals surface area contributed by atoms with E-state index < -0.39 is 0 Å². The van der Waals surface area contributed by atoms with Gasteiger partial charge in [0.1, 0.15) is 12.1 Å². The number of aryl methyl sites for hydroxylation is 1. The first-order valence-electron chi connectivity index (χ1n) is 7.43. The maximum atomic E-state index is 8.87. The molecule has 22 heavy (non-hydrogen) atoms. The topological polar surface area (TPSA) is 75.9 Å². The highest BCUT2D eigenvalue weighted by molar-refractivity contribution is 5.85. The smallest absolute Gasteiger partial charge is 0.163 e. The summed E-state index contributed by atoms with van der Waals surface area (Å²) in [5, 5.41) is 17.5. The van der Waals surface area contributed by atoms with Gasteiger partial charge in [0.15, 0.2) is 5.65 Å². The summed E-state index contributed by atoms with van der Waals surface area (Å²) in [5.74, 6) is 0.794. The average molecular weight is 297 g/mol. The fourth-order valence-corrected chi connectivity index (χ4v) is 2.35. The number of nitrogens with one attached hydrogen (secondary N) is 1. The fraction of sp³-hybridized carbons (Fsp3) is 0.312. The monoisotopic (exact) mass is 297 g/mol. The van der Waals surface area contributed by atoms with Crippen LogP contribution in [0, 0.1) is 0 Å². The van der Waals surface area contributed by atoms with Gasteiger partial charge < -0.3 is 10.4 Å². The highest BCUT2D eigenvalue weighted by Gasteiger charge is 2.09. The third kappa shape index (κ3) is 3.23. The fourth-order valence-electron chi connectivity index (χ4n) is 2.35. The lowest BCUT2D eigenvalue weighted by atomic mass is 10.2. The summed E-state index contributed by atoms with van der Waals surface area (Å²) in [7, 11) is 0. The van der Waals surface area contributed by atoms with Crippen LogP contribution in [0.15, 0.2) is 42.9 Å². The number of rotatable bonds is 7. The van der Waals surface area contributed by atoms with E-state index >= 15 is 0 Å². The Bertz CT molecular complexity index is 726. The Hall–Kier alpha value is -2.47. The van der Waals surface area contributed by atoms with Crippen molar-refractivity contribution in [3.05, 3.63) is 48.4 Å². The second-order valence-corrected chi connectivity index (χ2v) is 5.10. The van der Waals surface area contributed by atoms with Crippen molar-refractivity contribution in [1.82, 2.24) is 19.7 Å². The standard InChI is InChI=1S/C16H19N5O/c22-9-5-4-8-21-16-14(11-20-21)15(18-12-19-16)17-10-13-6-2-1-3-7-13/h1-3,6-7,11-12,22H,4-5,8-10H2,(H,17,18,19). The minimum Gasteiger partial charge on any atom is -0.396 e. The van der Waals surface area contributed by atoms with Gasteiger partial charge in [-0.15, -0.1) is 0 Å². The van der Waals surface area contributed by atoms with Crippen LogP contribution < -0.4 is 5.32 Å². The minimum atomic E-state index is 0.206. The van der Waals surface area contributed by atoms with Gasteiger partial charge in [-0.2, -0.15) is 5.10 Å². The molecule has 2 N–H and O–H groups in total. The molecule has 2 heterocycles. The molecule has 0 unspecified atom stereocenters. The lowest BCUT2D eigenvalue weighted by Gasteiger charge is -2.07. The maximum absolute atomic E-state index is 8.87. The molecule has 114 valence electrons. The van der Waals surface area contributed by atoms with Crippen molar-refractivity contribution < 1.29 is 5.11 Å². The van der Waals surface area contributed by atoms with E-state index in [0.29, 0.717) is 6.54 Å². The Morgan fingerprint density at radius 2 is 1.95 bits per heavy atom. The number of nitrogens with zero attached hydrogens (tertiary/aromatic N) is 4. The molecule has 6 nitrogen and oxygen atoms in total. The zero-order chi connectivity index (χ0) is 15.2. The highest BCUT2D eigenvalue weighted by atomic mass is 16.2. The molecule has 0 bridgehead atoms. The van der Waals surface area contributed by atoms with E-state index in [0.717, 1.165) is 36.2 Å². The van der Waals surface area contributed by atoms with Gasteiger partial charge in [-0.3, -0.25) is 0 Å². The molecule has 0 aliphatic carbocycles. The van der Waals surface area contributed by atoms with Crippen LogP contribution in [0.3, 0.4) is 0 Å². The third-order valence-electron chi connectivity index (χ3n) is 3.51. The van der Waals surface area contributed by atoms with Gasteiger partial charge in [0.05, 0.1) is 11.6 Å². The Kier molecular flexibility index (Phi) is 4.60. The van der Waals surface area contributed by atoms with E-state index in [1.807, 2.05) is 22.9 Å². The molecule has 6 heteroatoms. The molecule has 0 atom stereocenters. The summed E-state index contributed by atoms with van der Waals surface area (Å²) >= 11 is 0. The quantitative estimate of drug-likeness (QED) is 0.654. The van der Waals surface area contributed by atoms with Gasteiger partial charge in [0, 0.05) is 19.7 Å². The Balaban J connectivity index is 1.76. The number of unbranched alkanes of at least 4 members (excludes halogenated alkanes) is 1. The normalized spacial score (nSPS) is 11.0. The summed E-state index contributed by atoms with van der Waals surface area (Å²) in [6, 6.07) is 10.2. The molecule has 2 aromatic heterocycles. The average Bonchev–Trinajstić information content (AvgIpc) is 2.98. The van der Waals surface area contributed by atoms with Crippen LogP contribution in [0.2, 0.25) is 0 Å². The number of hydrogen-bond donors (Lipinski definition) is 2. The third-order valence-corrected chi connectivity index (χ3v) is 3.51. The van der Waals surface area contributed by atoms with Crippen LogP contribution in [-0.4, -0.2) is 31.5 Å². The largest absolute Gasteiger partial charge is 0.396 e. The number of fused-ring (bicyclic) bond motifs is 1. The molecule has 0 radical (unpaired) electrons. The first-order chi connectivity index (χ1) is 10.9. The molecule has 0 spiro atoms. The van der Waals surface area contributed by atoms with Crippen molar-refractivity contribution in [3.8, 4) is 0 Å². The highest BCUT2D eigenvalue weighted by Crippen LogP contribution is 2.19. The number of anilines is 1. The molecule has 1 aromatic carbocycles. The van der Waals surface area contributed by atoms with Gasteiger partial charge in [0.2, 0.25) is 0 Å². The number of aliphatic hydroxyl groups is 1. The van der Waals surface area contributed by atoms with Crippen LogP contribution >= 0.6 is 0 Å². The first kappa shape index (κ1) is 14.5. The van der Waals surface area contributed by atoms with Gasteiger partial charge in [-0.05, 0) is 18.4 Å². The molecule has 0 saturated carbocycles. The molecule has 3 rings (SSSR count). The van der Waals surface area contributed by atoms with E-state index in [9.17, 15) is 0 Å². The molecular formula is C16H19N5O. The van der Waals surface area contributed by atoms with Crippen LogP contribution in [-0.2, 0) is 13.1 Å². The van der Waals surface area contributed by atoms with Gasteiger partial charge >= 0.3 is 0 Å². The Morgan fingerprint density at radius 1 is 1.09 bits per heavy atom. The lowest BCUT2D eigenvalue weighted by molar-refractivity contribution is 0.280. The van der Waals surface area contributed by atoms with Crippen molar-refractivity contribution in [2.24, 2.45) is 0 Å². The van der Waals surface area contributed by atoms with Crippen LogP contribution in [0.5, 0.6) is 0 Å². The minimum absolute atomic E-state index is 0.206. The maximum Gasteiger partial charge on any atom is 0.163 e. The number of hydrogen-bond acceptors (Lipinski definition) is 5. The molecule has 0 saturated heterocycles. The summed E-state index contributed by atoms with van der Waals surface area (Å²) < 4.78 is 1.86. The van der Waals surface area contributed by atoms with Crippen LogP contribution in [0.25, 0.3) is 11.0 Å². The molecule has 0 aliphatic rings. The van der Waals surface area contributed by atoms with Crippen LogP contribution in [0.4, 0.5) is 5.82 Å². The molecular weight excluding hydrogens is 278 g/mol. The summed E-state index contributed by atoms with van der Waals surface area (Å²) in [6.07, 6.45) is 5.00. The molecule has 0 fully saturated rings. The second-order valence-electron chi connectivity index (χ2n) is 5.10. The lowest BCUT2D eigenvalue weighted by Crippen LogP contribution is -2.04. The van der Waals surface area contributed by atoms with Gasteiger partial charge in [-0.25, -0.2) is 14.6 Å². The predicted molar refractivity (Wildman–Crippen MR) is 85.4 cm³/mol. The predicted octanol–water partition coefficient (Wildman–Crippen LogP) is 2.21. The molecule has 0 amide bonds. The summed E-state index contributed by atoms with van der Waals surface area (Å²) in [6.45, 7) is 1.67. The Labute approximate surface area is 128 Å². The molecule has 3 aromatic rings. The number of aliphatic hydroxyl groups excluding tert-OH is 1. The number of aromatic nitrogens is 4. The summed E-state index contributed by atoms with van der Waals surface area (Å²) in [5.41, 5.74) is 2.02. The van der Waals surface area contributed by atoms with Gasteiger partial charge in [-0.1, -0.05) is 30.3 Å². The first-order valence-corrected chi connectivity index (χ1v) is 7.43. The zero-order valence-corrected chi connectivity index (χ0v) is 12.3. The van der Waals surface area contributed by atoms with Crippen molar-refractivity contribution >= 4 is 16.9 Å². The Morgan fingerprint density at radius 3 is 2.77 bits per heavy atom. The SMILES string of the molecule is OCCCCn1ncc2c(NCc3ccccc3)ncnc21. The van der Waals surface area contributed by atoms with E-state index in [1.165, 1.54) is 5.56 Å². The van der Waals surface area contributed by atoms with Crippen molar-refractivity contribution in [3.63, 3.8) is 0 Å². The van der Waals surface area contributed by atoms with Crippen molar-refractivity contribution in [2.75, 3.05) is 11.9 Å². The summed E-state index contributed by atoms with van der Waals surface area (Å²) in [4.78, 5) is 8.64.